The Hall–Kier alpha value is -2.21. The summed E-state index contributed by atoms with van der Waals surface area (Å²) in [6.07, 6.45) is 0. The van der Waals surface area contributed by atoms with Crippen molar-refractivity contribution in [2.45, 2.75) is 26.8 Å². The molecule has 3 rings (SSSR count). The molecular formula is C15H16N4OS. The van der Waals surface area contributed by atoms with Gasteiger partial charge in [-0.3, -0.25) is 9.48 Å². The molecule has 5 nitrogen and oxygen atoms in total. The lowest BCUT2D eigenvalue weighted by Crippen LogP contribution is -2.18. The molecule has 0 bridgehead atoms. The van der Waals surface area contributed by atoms with Gasteiger partial charge >= 0.3 is 0 Å². The van der Waals surface area contributed by atoms with Crippen molar-refractivity contribution in [1.29, 1.82) is 0 Å². The number of aromatic nitrogens is 3. The maximum atomic E-state index is 12.4. The molecule has 0 atom stereocenters. The molecule has 1 aromatic carbocycles. The number of benzene rings is 1. The number of carbonyl (C=O) groups excluding carboxylic acids is 1. The third kappa shape index (κ3) is 2.67. The second-order valence-corrected chi connectivity index (χ2v) is 6.08. The van der Waals surface area contributed by atoms with Crippen LogP contribution in [0.1, 0.15) is 36.1 Å². The van der Waals surface area contributed by atoms with E-state index in [0.29, 0.717) is 5.69 Å². The molecule has 0 saturated carbocycles. The quantitative estimate of drug-likeness (QED) is 0.803. The first-order valence-electron chi connectivity index (χ1n) is 6.75. The highest BCUT2D eigenvalue weighted by molar-refractivity contribution is 7.16. The molecule has 0 aliphatic rings. The SMILES string of the molecule is Cc1cc(C(=O)Nc2ccc3ncsc3c2)n(C(C)C)n1. The van der Waals surface area contributed by atoms with Crippen LogP contribution >= 0.6 is 11.3 Å². The molecule has 2 aromatic heterocycles. The zero-order chi connectivity index (χ0) is 15.0. The van der Waals surface area contributed by atoms with Gasteiger partial charge in [0.05, 0.1) is 21.4 Å². The van der Waals surface area contributed by atoms with E-state index in [9.17, 15) is 4.79 Å². The summed E-state index contributed by atoms with van der Waals surface area (Å²) in [5, 5.41) is 7.29. The summed E-state index contributed by atoms with van der Waals surface area (Å²) in [6.45, 7) is 5.90. The molecular weight excluding hydrogens is 284 g/mol. The van der Waals surface area contributed by atoms with Crippen molar-refractivity contribution in [3.8, 4) is 0 Å². The first-order valence-corrected chi connectivity index (χ1v) is 7.63. The van der Waals surface area contributed by atoms with Gasteiger partial charge in [-0.25, -0.2) is 4.98 Å². The molecule has 21 heavy (non-hydrogen) atoms. The number of hydrogen-bond donors (Lipinski definition) is 1. The fourth-order valence-corrected chi connectivity index (χ4v) is 2.92. The predicted octanol–water partition coefficient (Wildman–Crippen LogP) is 3.63. The molecule has 0 fully saturated rings. The van der Waals surface area contributed by atoms with Gasteiger partial charge in [-0.1, -0.05) is 0 Å². The monoisotopic (exact) mass is 300 g/mol. The lowest BCUT2D eigenvalue weighted by Gasteiger charge is -2.11. The van der Waals surface area contributed by atoms with Gasteiger partial charge < -0.3 is 5.32 Å². The van der Waals surface area contributed by atoms with E-state index in [4.69, 9.17) is 0 Å². The summed E-state index contributed by atoms with van der Waals surface area (Å²) < 4.78 is 2.80. The predicted molar refractivity (Wildman–Crippen MR) is 84.9 cm³/mol. The van der Waals surface area contributed by atoms with E-state index in [1.807, 2.05) is 39.0 Å². The third-order valence-corrected chi connectivity index (χ3v) is 3.96. The largest absolute Gasteiger partial charge is 0.321 e. The fourth-order valence-electron chi connectivity index (χ4n) is 2.21. The van der Waals surface area contributed by atoms with Gasteiger partial charge in [0.15, 0.2) is 0 Å². The molecule has 0 spiro atoms. The Morgan fingerprint density at radius 3 is 2.90 bits per heavy atom. The van der Waals surface area contributed by atoms with Crippen LogP contribution in [0.25, 0.3) is 10.2 Å². The number of carbonyl (C=O) groups is 1. The Morgan fingerprint density at radius 1 is 1.33 bits per heavy atom. The summed E-state index contributed by atoms with van der Waals surface area (Å²) >= 11 is 1.56. The average molecular weight is 300 g/mol. The van der Waals surface area contributed by atoms with Crippen LogP contribution in [0.5, 0.6) is 0 Å². The van der Waals surface area contributed by atoms with Crippen molar-refractivity contribution in [1.82, 2.24) is 14.8 Å². The van der Waals surface area contributed by atoms with Gasteiger partial charge in [0.1, 0.15) is 5.69 Å². The third-order valence-electron chi connectivity index (χ3n) is 3.17. The van der Waals surface area contributed by atoms with E-state index in [1.165, 1.54) is 0 Å². The van der Waals surface area contributed by atoms with Crippen molar-refractivity contribution >= 4 is 33.1 Å². The smallest absolute Gasteiger partial charge is 0.273 e. The van der Waals surface area contributed by atoms with E-state index in [2.05, 4.69) is 15.4 Å². The summed E-state index contributed by atoms with van der Waals surface area (Å²) in [6, 6.07) is 7.66. The van der Waals surface area contributed by atoms with Crippen LogP contribution in [0.3, 0.4) is 0 Å². The zero-order valence-electron chi connectivity index (χ0n) is 12.1. The number of thiazole rings is 1. The summed E-state index contributed by atoms with van der Waals surface area (Å²) in [5.74, 6) is -0.145. The molecule has 1 amide bonds. The number of fused-ring (bicyclic) bond motifs is 1. The summed E-state index contributed by atoms with van der Waals surface area (Å²) in [5.41, 5.74) is 4.93. The van der Waals surface area contributed by atoms with Crippen molar-refractivity contribution in [3.63, 3.8) is 0 Å². The van der Waals surface area contributed by atoms with Crippen LogP contribution < -0.4 is 5.32 Å². The van der Waals surface area contributed by atoms with Crippen molar-refractivity contribution in [3.05, 3.63) is 41.2 Å². The molecule has 0 aliphatic heterocycles. The number of rotatable bonds is 3. The van der Waals surface area contributed by atoms with Gasteiger partial charge in [0, 0.05) is 11.7 Å². The number of amides is 1. The highest BCUT2D eigenvalue weighted by Gasteiger charge is 2.16. The standard InChI is InChI=1S/C15H16N4OS/c1-9(2)19-13(6-10(3)18-19)15(20)17-11-4-5-12-14(7-11)21-8-16-12/h4-9H,1-3H3,(H,17,20). The molecule has 3 aromatic rings. The van der Waals surface area contributed by atoms with Crippen molar-refractivity contribution < 1.29 is 4.79 Å². The van der Waals surface area contributed by atoms with E-state index in [1.54, 1.807) is 27.6 Å². The number of nitrogens with one attached hydrogen (secondary N) is 1. The Kier molecular flexibility index (Phi) is 3.47. The second-order valence-electron chi connectivity index (χ2n) is 5.20. The Bertz CT molecular complexity index is 803. The fraction of sp³-hybridized carbons (Fsp3) is 0.267. The van der Waals surface area contributed by atoms with Gasteiger partial charge in [-0.05, 0) is 45.0 Å². The summed E-state index contributed by atoms with van der Waals surface area (Å²) in [7, 11) is 0. The van der Waals surface area contributed by atoms with Crippen LogP contribution in [0, 0.1) is 6.92 Å². The molecule has 0 aliphatic carbocycles. The van der Waals surface area contributed by atoms with Crippen LogP contribution in [0.15, 0.2) is 29.8 Å². The second kappa shape index (κ2) is 5.29. The van der Waals surface area contributed by atoms with E-state index in [0.717, 1.165) is 21.6 Å². The molecule has 2 heterocycles. The first kappa shape index (κ1) is 13.8. The molecule has 1 N–H and O–H groups in total. The lowest BCUT2D eigenvalue weighted by atomic mass is 10.2. The number of aryl methyl sites for hydroxylation is 1. The van der Waals surface area contributed by atoms with Crippen LogP contribution in [-0.2, 0) is 0 Å². The zero-order valence-corrected chi connectivity index (χ0v) is 12.9. The van der Waals surface area contributed by atoms with Gasteiger partial charge in [0.25, 0.3) is 5.91 Å². The summed E-state index contributed by atoms with van der Waals surface area (Å²) in [4.78, 5) is 16.7. The first-order chi connectivity index (χ1) is 10.0. The Labute approximate surface area is 126 Å². The maximum Gasteiger partial charge on any atom is 0.273 e. The number of hydrogen-bond acceptors (Lipinski definition) is 4. The molecule has 108 valence electrons. The number of anilines is 1. The minimum Gasteiger partial charge on any atom is -0.321 e. The Balaban J connectivity index is 1.88. The van der Waals surface area contributed by atoms with Crippen LogP contribution in [0.4, 0.5) is 5.69 Å². The van der Waals surface area contributed by atoms with Gasteiger partial charge in [-0.15, -0.1) is 11.3 Å². The minimum absolute atomic E-state index is 0.142. The normalized spacial score (nSPS) is 11.2. The van der Waals surface area contributed by atoms with E-state index >= 15 is 0 Å². The molecule has 0 saturated heterocycles. The molecule has 0 radical (unpaired) electrons. The highest BCUT2D eigenvalue weighted by Crippen LogP contribution is 2.22. The molecule has 0 unspecified atom stereocenters. The minimum atomic E-state index is -0.145. The topological polar surface area (TPSA) is 59.8 Å². The van der Waals surface area contributed by atoms with Crippen molar-refractivity contribution in [2.75, 3.05) is 5.32 Å². The average Bonchev–Trinajstić information content (AvgIpc) is 3.04. The number of nitrogens with zero attached hydrogens (tertiary/aromatic N) is 3. The maximum absolute atomic E-state index is 12.4. The lowest BCUT2D eigenvalue weighted by molar-refractivity contribution is 0.101. The van der Waals surface area contributed by atoms with Gasteiger partial charge in [0.2, 0.25) is 0 Å². The highest BCUT2D eigenvalue weighted by atomic mass is 32.1. The van der Waals surface area contributed by atoms with Crippen LogP contribution in [0.2, 0.25) is 0 Å². The van der Waals surface area contributed by atoms with Crippen LogP contribution in [-0.4, -0.2) is 20.7 Å². The van der Waals surface area contributed by atoms with Crippen molar-refractivity contribution in [2.24, 2.45) is 0 Å². The van der Waals surface area contributed by atoms with E-state index < -0.39 is 0 Å². The van der Waals surface area contributed by atoms with Gasteiger partial charge in [-0.2, -0.15) is 5.10 Å². The Morgan fingerprint density at radius 2 is 2.14 bits per heavy atom. The van der Waals surface area contributed by atoms with E-state index in [-0.39, 0.29) is 11.9 Å². The molecule has 6 heteroatoms.